The minimum Gasteiger partial charge on any atom is -0.392 e. The molecule has 1 aromatic rings. The van der Waals surface area contributed by atoms with Gasteiger partial charge in [-0.05, 0) is 5.92 Å². The summed E-state index contributed by atoms with van der Waals surface area (Å²) in [6.07, 6.45) is 1.56. The van der Waals surface area contributed by atoms with Crippen LogP contribution in [0, 0.1) is 5.92 Å². The zero-order chi connectivity index (χ0) is 10.6. The molecule has 2 N–H and O–H groups in total. The average molecular weight is 198 g/mol. The first-order valence-electron chi connectivity index (χ1n) is 4.83. The molecule has 0 amide bonds. The van der Waals surface area contributed by atoms with Gasteiger partial charge in [0.2, 0.25) is 0 Å². The molecular formula is C9H18N4O. The molecular weight excluding hydrogens is 180 g/mol. The molecule has 1 unspecified atom stereocenters. The Hall–Kier alpha value is -0.940. The minimum atomic E-state index is -0.299. The molecule has 5 nitrogen and oxygen atoms in total. The second-order valence-corrected chi connectivity index (χ2v) is 3.83. The highest BCUT2D eigenvalue weighted by molar-refractivity contribution is 4.90. The molecule has 1 aromatic heterocycles. The van der Waals surface area contributed by atoms with E-state index >= 15 is 0 Å². The van der Waals surface area contributed by atoms with Gasteiger partial charge in [0.25, 0.3) is 0 Å². The van der Waals surface area contributed by atoms with Crippen molar-refractivity contribution in [1.82, 2.24) is 20.3 Å². The van der Waals surface area contributed by atoms with Gasteiger partial charge in [-0.3, -0.25) is 4.68 Å². The molecule has 0 fully saturated rings. The van der Waals surface area contributed by atoms with Gasteiger partial charge in [-0.15, -0.1) is 5.10 Å². The Morgan fingerprint density at radius 3 is 2.79 bits per heavy atom. The number of aryl methyl sites for hydroxylation is 1. The van der Waals surface area contributed by atoms with Crippen molar-refractivity contribution < 1.29 is 5.11 Å². The van der Waals surface area contributed by atoms with E-state index < -0.39 is 0 Å². The number of aromatic nitrogens is 3. The lowest BCUT2D eigenvalue weighted by Gasteiger charge is -2.14. The van der Waals surface area contributed by atoms with Gasteiger partial charge in [-0.1, -0.05) is 19.1 Å². The fourth-order valence-corrected chi connectivity index (χ4v) is 1.06. The van der Waals surface area contributed by atoms with E-state index in [4.69, 9.17) is 0 Å². The summed E-state index contributed by atoms with van der Waals surface area (Å²) in [6, 6.07) is 0. The van der Waals surface area contributed by atoms with Gasteiger partial charge < -0.3 is 10.4 Å². The fraction of sp³-hybridized carbons (Fsp3) is 0.778. The molecule has 14 heavy (non-hydrogen) atoms. The van der Waals surface area contributed by atoms with Crippen LogP contribution in [0.1, 0.15) is 19.5 Å². The summed E-state index contributed by atoms with van der Waals surface area (Å²) in [5.41, 5.74) is 0.892. The lowest BCUT2D eigenvalue weighted by Crippen LogP contribution is -2.30. The van der Waals surface area contributed by atoms with Gasteiger partial charge in [-0.25, -0.2) is 0 Å². The van der Waals surface area contributed by atoms with E-state index in [-0.39, 0.29) is 12.0 Å². The second-order valence-electron chi connectivity index (χ2n) is 3.83. The molecule has 0 aromatic carbocycles. The van der Waals surface area contributed by atoms with Gasteiger partial charge in [-0.2, -0.15) is 0 Å². The number of aliphatic hydroxyl groups is 1. The minimum absolute atomic E-state index is 0.282. The largest absolute Gasteiger partial charge is 0.392 e. The van der Waals surface area contributed by atoms with Crippen molar-refractivity contribution in [2.24, 2.45) is 13.0 Å². The van der Waals surface area contributed by atoms with E-state index in [1.54, 1.807) is 4.68 Å². The topological polar surface area (TPSA) is 63.0 Å². The van der Waals surface area contributed by atoms with Gasteiger partial charge in [0.1, 0.15) is 0 Å². The van der Waals surface area contributed by atoms with E-state index in [0.717, 1.165) is 5.69 Å². The van der Waals surface area contributed by atoms with Crippen LogP contribution in [0.25, 0.3) is 0 Å². The summed E-state index contributed by atoms with van der Waals surface area (Å²) >= 11 is 0. The number of hydrogen-bond donors (Lipinski definition) is 2. The Kier molecular flexibility index (Phi) is 4.03. The Bertz CT molecular complexity index is 272. The van der Waals surface area contributed by atoms with Crippen molar-refractivity contribution >= 4 is 0 Å². The molecule has 0 aliphatic carbocycles. The summed E-state index contributed by atoms with van der Waals surface area (Å²) in [5, 5.41) is 20.4. The van der Waals surface area contributed by atoms with Gasteiger partial charge in [0.15, 0.2) is 0 Å². The maximum absolute atomic E-state index is 9.51. The Morgan fingerprint density at radius 1 is 1.57 bits per heavy atom. The third-order valence-corrected chi connectivity index (χ3v) is 2.08. The third-order valence-electron chi connectivity index (χ3n) is 2.08. The summed E-state index contributed by atoms with van der Waals surface area (Å²) < 4.78 is 1.66. The van der Waals surface area contributed by atoms with Crippen LogP contribution in [0.3, 0.4) is 0 Å². The molecule has 0 saturated heterocycles. The van der Waals surface area contributed by atoms with E-state index in [2.05, 4.69) is 15.6 Å². The van der Waals surface area contributed by atoms with E-state index in [1.165, 1.54) is 0 Å². The SMILES string of the molecule is CC(C)C(O)CNCc1cn(C)nn1. The Balaban J connectivity index is 2.22. The molecule has 0 aliphatic heterocycles. The highest BCUT2D eigenvalue weighted by Gasteiger charge is 2.08. The van der Waals surface area contributed by atoms with Gasteiger partial charge in [0.05, 0.1) is 11.8 Å². The van der Waals surface area contributed by atoms with E-state index in [9.17, 15) is 5.11 Å². The molecule has 1 heterocycles. The van der Waals surface area contributed by atoms with Crippen LogP contribution in [-0.4, -0.2) is 32.7 Å². The van der Waals surface area contributed by atoms with Crippen LogP contribution in [0.4, 0.5) is 0 Å². The zero-order valence-corrected chi connectivity index (χ0v) is 8.94. The average Bonchev–Trinajstić information content (AvgIpc) is 2.51. The summed E-state index contributed by atoms with van der Waals surface area (Å²) in [5.74, 6) is 0.282. The molecule has 1 atom stereocenters. The second kappa shape index (κ2) is 5.07. The van der Waals surface area contributed by atoms with E-state index in [1.807, 2.05) is 27.1 Å². The van der Waals surface area contributed by atoms with Crippen molar-refractivity contribution in [2.45, 2.75) is 26.5 Å². The van der Waals surface area contributed by atoms with Crippen molar-refractivity contribution in [3.8, 4) is 0 Å². The molecule has 0 aliphatic rings. The van der Waals surface area contributed by atoms with Crippen molar-refractivity contribution in [2.75, 3.05) is 6.54 Å². The number of aliphatic hydroxyl groups excluding tert-OH is 1. The van der Waals surface area contributed by atoms with Crippen LogP contribution < -0.4 is 5.32 Å². The smallest absolute Gasteiger partial charge is 0.0964 e. The molecule has 0 radical (unpaired) electrons. The lowest BCUT2D eigenvalue weighted by molar-refractivity contribution is 0.123. The first kappa shape index (κ1) is 11.1. The highest BCUT2D eigenvalue weighted by atomic mass is 16.3. The van der Waals surface area contributed by atoms with Crippen molar-refractivity contribution in [1.29, 1.82) is 0 Å². The van der Waals surface area contributed by atoms with Crippen LogP contribution in [0.15, 0.2) is 6.20 Å². The predicted molar refractivity (Wildman–Crippen MR) is 53.6 cm³/mol. The maximum Gasteiger partial charge on any atom is 0.0964 e. The van der Waals surface area contributed by atoms with Crippen LogP contribution in [0.2, 0.25) is 0 Å². The van der Waals surface area contributed by atoms with Gasteiger partial charge in [0, 0.05) is 26.3 Å². The maximum atomic E-state index is 9.51. The van der Waals surface area contributed by atoms with Crippen LogP contribution in [0.5, 0.6) is 0 Å². The quantitative estimate of drug-likeness (QED) is 0.694. The van der Waals surface area contributed by atoms with Crippen LogP contribution in [-0.2, 0) is 13.6 Å². The highest BCUT2D eigenvalue weighted by Crippen LogP contribution is 1.99. The fourth-order valence-electron chi connectivity index (χ4n) is 1.06. The monoisotopic (exact) mass is 198 g/mol. The molecule has 0 saturated carbocycles. The molecule has 0 spiro atoms. The number of hydrogen-bond acceptors (Lipinski definition) is 4. The standard InChI is InChI=1S/C9H18N4O/c1-7(2)9(14)5-10-4-8-6-13(3)12-11-8/h6-7,9-10,14H,4-5H2,1-3H3. The Labute approximate surface area is 84.1 Å². The van der Waals surface area contributed by atoms with Gasteiger partial charge >= 0.3 is 0 Å². The Morgan fingerprint density at radius 2 is 2.29 bits per heavy atom. The predicted octanol–water partition coefficient (Wildman–Crippen LogP) is -0.0784. The molecule has 5 heteroatoms. The number of nitrogens with one attached hydrogen (secondary N) is 1. The van der Waals surface area contributed by atoms with Crippen molar-refractivity contribution in [3.05, 3.63) is 11.9 Å². The summed E-state index contributed by atoms with van der Waals surface area (Å²) in [7, 11) is 1.83. The first-order chi connectivity index (χ1) is 6.59. The van der Waals surface area contributed by atoms with E-state index in [0.29, 0.717) is 13.1 Å². The summed E-state index contributed by atoms with van der Waals surface area (Å²) in [4.78, 5) is 0. The number of nitrogens with zero attached hydrogens (tertiary/aromatic N) is 3. The number of rotatable bonds is 5. The van der Waals surface area contributed by atoms with Crippen molar-refractivity contribution in [3.63, 3.8) is 0 Å². The molecule has 1 rings (SSSR count). The zero-order valence-electron chi connectivity index (χ0n) is 8.94. The normalized spacial score (nSPS) is 13.5. The third kappa shape index (κ3) is 3.43. The van der Waals surface area contributed by atoms with Crippen LogP contribution >= 0.6 is 0 Å². The molecule has 0 bridgehead atoms. The molecule has 80 valence electrons. The summed E-state index contributed by atoms with van der Waals surface area (Å²) in [6.45, 7) is 5.23. The lowest BCUT2D eigenvalue weighted by atomic mass is 10.1. The first-order valence-corrected chi connectivity index (χ1v) is 4.83.